The standard InChI is InChI=1S/C11H19IO2/c1-10(5-4-7-12)9-14-11-6-2-3-8-13-11/h5,11H,2-4,6-9H2,1H3/b10-5+. The minimum Gasteiger partial charge on any atom is -0.353 e. The number of halogens is 1. The zero-order chi connectivity index (χ0) is 10.2. The fourth-order valence-electron chi connectivity index (χ4n) is 1.43. The lowest BCUT2D eigenvalue weighted by Crippen LogP contribution is -2.22. The van der Waals surface area contributed by atoms with Crippen LogP contribution in [0.15, 0.2) is 11.6 Å². The second-order valence-electron chi connectivity index (χ2n) is 3.64. The highest BCUT2D eigenvalue weighted by Gasteiger charge is 2.13. The van der Waals surface area contributed by atoms with E-state index < -0.39 is 0 Å². The highest BCUT2D eigenvalue weighted by Crippen LogP contribution is 2.14. The molecule has 0 amide bonds. The van der Waals surface area contributed by atoms with Gasteiger partial charge in [-0.2, -0.15) is 0 Å². The summed E-state index contributed by atoms with van der Waals surface area (Å²) in [6.45, 7) is 3.71. The summed E-state index contributed by atoms with van der Waals surface area (Å²) in [5, 5.41) is 0. The van der Waals surface area contributed by atoms with Gasteiger partial charge in [0.05, 0.1) is 6.61 Å². The lowest BCUT2D eigenvalue weighted by Gasteiger charge is -2.22. The van der Waals surface area contributed by atoms with Crippen molar-refractivity contribution in [3.05, 3.63) is 11.6 Å². The van der Waals surface area contributed by atoms with E-state index in [-0.39, 0.29) is 6.29 Å². The summed E-state index contributed by atoms with van der Waals surface area (Å²) in [6.07, 6.45) is 6.91. The quantitative estimate of drug-likeness (QED) is 0.441. The maximum atomic E-state index is 5.65. The molecule has 0 N–H and O–H groups in total. The molecule has 1 heterocycles. The predicted molar refractivity (Wildman–Crippen MR) is 66.8 cm³/mol. The maximum Gasteiger partial charge on any atom is 0.158 e. The molecular formula is C11H19IO2. The van der Waals surface area contributed by atoms with Crippen molar-refractivity contribution < 1.29 is 9.47 Å². The Balaban J connectivity index is 2.11. The summed E-state index contributed by atoms with van der Waals surface area (Å²) < 4.78 is 12.3. The van der Waals surface area contributed by atoms with Crippen LogP contribution in [-0.4, -0.2) is 23.9 Å². The van der Waals surface area contributed by atoms with E-state index in [1.165, 1.54) is 22.8 Å². The van der Waals surface area contributed by atoms with Crippen LogP contribution >= 0.6 is 22.6 Å². The number of ether oxygens (including phenoxy) is 2. The normalized spacial score (nSPS) is 23.9. The molecule has 1 saturated heterocycles. The van der Waals surface area contributed by atoms with Crippen LogP contribution in [0.1, 0.15) is 32.6 Å². The lowest BCUT2D eigenvalue weighted by atomic mass is 10.2. The monoisotopic (exact) mass is 310 g/mol. The number of rotatable bonds is 5. The van der Waals surface area contributed by atoms with Crippen LogP contribution in [0, 0.1) is 0 Å². The van der Waals surface area contributed by atoms with Crippen LogP contribution in [0.3, 0.4) is 0 Å². The third kappa shape index (κ3) is 5.32. The Kier molecular flexibility index (Phi) is 6.81. The summed E-state index contributed by atoms with van der Waals surface area (Å²) in [4.78, 5) is 0. The van der Waals surface area contributed by atoms with Crippen LogP contribution in [0.25, 0.3) is 0 Å². The van der Waals surface area contributed by atoms with Gasteiger partial charge in [-0.15, -0.1) is 0 Å². The molecule has 0 aliphatic carbocycles. The average Bonchev–Trinajstić information content (AvgIpc) is 2.25. The van der Waals surface area contributed by atoms with Gasteiger partial charge >= 0.3 is 0 Å². The van der Waals surface area contributed by atoms with Crippen LogP contribution in [0.5, 0.6) is 0 Å². The Hall–Kier alpha value is 0.390. The smallest absolute Gasteiger partial charge is 0.158 e. The first-order valence-electron chi connectivity index (χ1n) is 5.27. The average molecular weight is 310 g/mol. The number of alkyl halides is 1. The summed E-state index contributed by atoms with van der Waals surface area (Å²) in [7, 11) is 0. The second-order valence-corrected chi connectivity index (χ2v) is 4.71. The largest absolute Gasteiger partial charge is 0.353 e. The molecule has 1 fully saturated rings. The zero-order valence-corrected chi connectivity index (χ0v) is 11.0. The van der Waals surface area contributed by atoms with Crippen molar-refractivity contribution in [1.29, 1.82) is 0 Å². The van der Waals surface area contributed by atoms with Crippen LogP contribution in [-0.2, 0) is 9.47 Å². The Morgan fingerprint density at radius 2 is 2.43 bits per heavy atom. The first kappa shape index (κ1) is 12.5. The number of hydrogen-bond donors (Lipinski definition) is 0. The molecule has 14 heavy (non-hydrogen) atoms. The first-order valence-corrected chi connectivity index (χ1v) is 6.80. The summed E-state index contributed by atoms with van der Waals surface area (Å²) in [5.41, 5.74) is 1.32. The Bertz CT molecular complexity index is 174. The van der Waals surface area contributed by atoms with Crippen molar-refractivity contribution in [3.8, 4) is 0 Å². The molecule has 1 aliphatic rings. The van der Waals surface area contributed by atoms with E-state index in [0.29, 0.717) is 0 Å². The van der Waals surface area contributed by atoms with Gasteiger partial charge in [0.25, 0.3) is 0 Å². The van der Waals surface area contributed by atoms with Crippen molar-refractivity contribution >= 4 is 22.6 Å². The zero-order valence-electron chi connectivity index (χ0n) is 8.80. The van der Waals surface area contributed by atoms with Gasteiger partial charge in [0.15, 0.2) is 6.29 Å². The van der Waals surface area contributed by atoms with Crippen molar-refractivity contribution in [3.63, 3.8) is 0 Å². The van der Waals surface area contributed by atoms with E-state index in [9.17, 15) is 0 Å². The van der Waals surface area contributed by atoms with Crippen molar-refractivity contribution in [2.75, 3.05) is 17.6 Å². The molecule has 0 radical (unpaired) electrons. The van der Waals surface area contributed by atoms with Crippen molar-refractivity contribution in [2.45, 2.75) is 38.9 Å². The van der Waals surface area contributed by atoms with Gasteiger partial charge in [0, 0.05) is 11.0 Å². The van der Waals surface area contributed by atoms with Crippen LogP contribution in [0.2, 0.25) is 0 Å². The van der Waals surface area contributed by atoms with Gasteiger partial charge in [-0.1, -0.05) is 34.2 Å². The molecule has 0 aromatic carbocycles. The molecule has 1 atom stereocenters. The van der Waals surface area contributed by atoms with E-state index in [2.05, 4.69) is 35.6 Å². The molecule has 1 unspecified atom stereocenters. The third-order valence-corrected chi connectivity index (χ3v) is 2.86. The number of allylic oxidation sites excluding steroid dienone is 1. The van der Waals surface area contributed by atoms with E-state index in [0.717, 1.165) is 26.1 Å². The van der Waals surface area contributed by atoms with Gasteiger partial charge in [-0.3, -0.25) is 0 Å². The summed E-state index contributed by atoms with van der Waals surface area (Å²) >= 11 is 2.38. The molecule has 0 saturated carbocycles. The van der Waals surface area contributed by atoms with Gasteiger partial charge < -0.3 is 9.47 Å². The van der Waals surface area contributed by atoms with Crippen molar-refractivity contribution in [1.82, 2.24) is 0 Å². The number of hydrogen-bond acceptors (Lipinski definition) is 2. The molecule has 2 nitrogen and oxygen atoms in total. The third-order valence-electron chi connectivity index (χ3n) is 2.24. The van der Waals surface area contributed by atoms with Gasteiger partial charge in [0.1, 0.15) is 0 Å². The summed E-state index contributed by atoms with van der Waals surface area (Å²) in [6, 6.07) is 0. The topological polar surface area (TPSA) is 18.5 Å². The van der Waals surface area contributed by atoms with E-state index in [1.807, 2.05) is 0 Å². The van der Waals surface area contributed by atoms with Gasteiger partial charge in [-0.05, 0) is 32.6 Å². The molecule has 1 aliphatic heterocycles. The predicted octanol–water partition coefficient (Wildman–Crippen LogP) is 3.30. The molecule has 82 valence electrons. The SMILES string of the molecule is C/C(=C\CCI)COC1CCCCO1. The molecule has 0 aromatic heterocycles. The fraction of sp³-hybridized carbons (Fsp3) is 0.818. The van der Waals surface area contributed by atoms with E-state index in [1.54, 1.807) is 0 Å². The minimum atomic E-state index is 0.0479. The molecule has 0 bridgehead atoms. The highest BCUT2D eigenvalue weighted by molar-refractivity contribution is 14.1. The fourth-order valence-corrected chi connectivity index (χ4v) is 1.74. The highest BCUT2D eigenvalue weighted by atomic mass is 127. The lowest BCUT2D eigenvalue weighted by molar-refractivity contribution is -0.156. The van der Waals surface area contributed by atoms with Gasteiger partial charge in [-0.25, -0.2) is 0 Å². The van der Waals surface area contributed by atoms with E-state index in [4.69, 9.17) is 9.47 Å². The van der Waals surface area contributed by atoms with Crippen LogP contribution < -0.4 is 0 Å². The molecule has 3 heteroatoms. The Labute approximate surface area is 100 Å². The Morgan fingerprint density at radius 3 is 3.07 bits per heavy atom. The second kappa shape index (κ2) is 7.65. The van der Waals surface area contributed by atoms with Crippen molar-refractivity contribution in [2.24, 2.45) is 0 Å². The minimum absolute atomic E-state index is 0.0479. The van der Waals surface area contributed by atoms with Gasteiger partial charge in [0.2, 0.25) is 0 Å². The van der Waals surface area contributed by atoms with Crippen LogP contribution in [0.4, 0.5) is 0 Å². The maximum absolute atomic E-state index is 5.65. The van der Waals surface area contributed by atoms with E-state index >= 15 is 0 Å². The Morgan fingerprint density at radius 1 is 1.57 bits per heavy atom. The molecule has 1 rings (SSSR count). The summed E-state index contributed by atoms with van der Waals surface area (Å²) in [5.74, 6) is 0. The molecule has 0 spiro atoms. The first-order chi connectivity index (χ1) is 6.83. The molecule has 0 aromatic rings. The molecular weight excluding hydrogens is 291 g/mol.